The molecule has 3 aromatic carbocycles. The molecule has 0 radical (unpaired) electrons. The Balaban J connectivity index is 1.40. The minimum Gasteiger partial charge on any atom is -0.497 e. The van der Waals surface area contributed by atoms with Crippen molar-refractivity contribution in [1.29, 1.82) is 0 Å². The lowest BCUT2D eigenvalue weighted by atomic mass is 9.58. The Labute approximate surface area is 190 Å². The Morgan fingerprint density at radius 1 is 1.03 bits per heavy atom. The number of hydrogen-bond acceptors (Lipinski definition) is 3. The first-order chi connectivity index (χ1) is 15.6. The Bertz CT molecular complexity index is 1130. The summed E-state index contributed by atoms with van der Waals surface area (Å²) in [4.78, 5) is 15.6. The van der Waals surface area contributed by atoms with E-state index in [4.69, 9.17) is 4.74 Å². The van der Waals surface area contributed by atoms with E-state index < -0.39 is 0 Å². The van der Waals surface area contributed by atoms with Crippen molar-refractivity contribution in [2.45, 2.75) is 37.1 Å². The van der Waals surface area contributed by atoms with Gasteiger partial charge in [-0.25, -0.2) is 0 Å². The van der Waals surface area contributed by atoms with Crippen LogP contribution in [0.25, 0.3) is 10.8 Å². The smallest absolute Gasteiger partial charge is 0.251 e. The highest BCUT2D eigenvalue weighted by molar-refractivity contribution is 5.98. The Morgan fingerprint density at radius 3 is 2.72 bits per heavy atom. The highest BCUT2D eigenvalue weighted by atomic mass is 16.5. The van der Waals surface area contributed by atoms with E-state index in [1.165, 1.54) is 5.56 Å². The number of carbonyl (C=O) groups is 1. The summed E-state index contributed by atoms with van der Waals surface area (Å²) < 4.78 is 5.55. The van der Waals surface area contributed by atoms with Crippen LogP contribution in [-0.4, -0.2) is 44.1 Å². The molecule has 1 heterocycles. The van der Waals surface area contributed by atoms with Gasteiger partial charge in [0, 0.05) is 23.6 Å². The number of hydrogen-bond donors (Lipinski definition) is 1. The van der Waals surface area contributed by atoms with Gasteiger partial charge in [0.05, 0.1) is 7.11 Å². The molecule has 1 aliphatic carbocycles. The fourth-order valence-electron chi connectivity index (χ4n) is 5.97. The van der Waals surface area contributed by atoms with Gasteiger partial charge >= 0.3 is 0 Å². The monoisotopic (exact) mass is 428 g/mol. The summed E-state index contributed by atoms with van der Waals surface area (Å²) in [5.41, 5.74) is 2.19. The number of benzene rings is 3. The number of amides is 1. The molecule has 1 amide bonds. The van der Waals surface area contributed by atoms with Crippen LogP contribution in [0.4, 0.5) is 0 Å². The molecule has 1 saturated heterocycles. The quantitative estimate of drug-likeness (QED) is 0.634. The topological polar surface area (TPSA) is 41.6 Å². The maximum Gasteiger partial charge on any atom is 0.251 e. The van der Waals surface area contributed by atoms with Gasteiger partial charge in [-0.3, -0.25) is 4.79 Å². The number of likely N-dealkylation sites (tertiary alicyclic amines) is 1. The van der Waals surface area contributed by atoms with Crippen molar-refractivity contribution in [3.05, 3.63) is 77.9 Å². The number of rotatable bonds is 4. The normalized spacial score (nSPS) is 25.8. The van der Waals surface area contributed by atoms with Crippen molar-refractivity contribution in [2.24, 2.45) is 5.92 Å². The molecule has 5 rings (SSSR count). The minimum absolute atomic E-state index is 0.0351. The lowest BCUT2D eigenvalue weighted by Crippen LogP contribution is -2.55. The summed E-state index contributed by atoms with van der Waals surface area (Å²) in [5, 5.41) is 5.65. The van der Waals surface area contributed by atoms with Crippen LogP contribution in [0, 0.1) is 5.92 Å². The molecule has 2 fully saturated rings. The molecule has 166 valence electrons. The number of nitrogens with zero attached hydrogens (tertiary/aromatic N) is 1. The number of methoxy groups -OCH3 is 1. The van der Waals surface area contributed by atoms with E-state index in [9.17, 15) is 4.79 Å². The molecule has 2 aliphatic rings. The van der Waals surface area contributed by atoms with Crippen molar-refractivity contribution in [1.82, 2.24) is 10.2 Å². The van der Waals surface area contributed by atoms with Crippen LogP contribution in [0.3, 0.4) is 0 Å². The summed E-state index contributed by atoms with van der Waals surface area (Å²) in [6.45, 7) is 2.20. The molecule has 4 heteroatoms. The summed E-state index contributed by atoms with van der Waals surface area (Å²) >= 11 is 0. The first-order valence-electron chi connectivity index (χ1n) is 11.7. The minimum atomic E-state index is 0.0351. The van der Waals surface area contributed by atoms with Crippen LogP contribution in [0.15, 0.2) is 66.7 Å². The molecule has 1 N–H and O–H groups in total. The fraction of sp³-hybridized carbons (Fsp3) is 0.393. The van der Waals surface area contributed by atoms with Crippen LogP contribution in [0.5, 0.6) is 5.75 Å². The van der Waals surface area contributed by atoms with Crippen molar-refractivity contribution in [3.63, 3.8) is 0 Å². The Hall–Kier alpha value is -2.85. The summed E-state index contributed by atoms with van der Waals surface area (Å²) in [5.74, 6) is 1.55. The number of carbonyl (C=O) groups excluding carboxylic acids is 1. The van der Waals surface area contributed by atoms with E-state index in [0.29, 0.717) is 5.92 Å². The lowest BCUT2D eigenvalue weighted by molar-refractivity contribution is 0.0533. The standard InChI is InChI=1S/C28H32N2O2/c1-30-15-14-28(23-8-5-9-26(17-23)32-2)18-25(13-12-24(28)19-30)29-27(31)22-11-10-20-6-3-4-7-21(20)16-22/h3-11,16-17,24-25H,12-15,18-19H2,1-2H3,(H,29,31). The largest absolute Gasteiger partial charge is 0.497 e. The second-order valence-corrected chi connectivity index (χ2v) is 9.61. The molecular formula is C28H32N2O2. The predicted molar refractivity (Wildman–Crippen MR) is 129 cm³/mol. The van der Waals surface area contributed by atoms with Gasteiger partial charge in [0.15, 0.2) is 0 Å². The summed E-state index contributed by atoms with van der Waals surface area (Å²) in [6, 6.07) is 22.9. The maximum absolute atomic E-state index is 13.2. The lowest BCUT2D eigenvalue weighted by Gasteiger charge is -2.52. The zero-order valence-electron chi connectivity index (χ0n) is 19.0. The first-order valence-corrected chi connectivity index (χ1v) is 11.7. The molecule has 1 saturated carbocycles. The van der Waals surface area contributed by atoms with Crippen molar-refractivity contribution in [3.8, 4) is 5.75 Å². The molecule has 3 aromatic rings. The first kappa shape index (κ1) is 21.0. The molecule has 1 aliphatic heterocycles. The zero-order valence-corrected chi connectivity index (χ0v) is 19.0. The van der Waals surface area contributed by atoms with Crippen LogP contribution >= 0.6 is 0 Å². The fourth-order valence-corrected chi connectivity index (χ4v) is 5.97. The Kier molecular flexibility index (Phi) is 5.64. The molecule has 0 bridgehead atoms. The van der Waals surface area contributed by atoms with Crippen molar-refractivity contribution >= 4 is 16.7 Å². The second-order valence-electron chi connectivity index (χ2n) is 9.61. The summed E-state index contributed by atoms with van der Waals surface area (Å²) in [6.07, 6.45) is 4.26. The van der Waals surface area contributed by atoms with E-state index in [2.05, 4.69) is 47.6 Å². The van der Waals surface area contributed by atoms with Gasteiger partial charge in [0.1, 0.15) is 5.75 Å². The van der Waals surface area contributed by atoms with Gasteiger partial charge in [-0.15, -0.1) is 0 Å². The van der Waals surface area contributed by atoms with Crippen LogP contribution in [-0.2, 0) is 5.41 Å². The average Bonchev–Trinajstić information content (AvgIpc) is 2.84. The third-order valence-corrected chi connectivity index (χ3v) is 7.72. The van der Waals surface area contributed by atoms with Crippen LogP contribution in [0.2, 0.25) is 0 Å². The van der Waals surface area contributed by atoms with E-state index in [1.54, 1.807) is 7.11 Å². The van der Waals surface area contributed by atoms with Gasteiger partial charge in [-0.2, -0.15) is 0 Å². The predicted octanol–water partition coefficient (Wildman–Crippen LogP) is 5.02. The van der Waals surface area contributed by atoms with Crippen LogP contribution < -0.4 is 10.1 Å². The highest BCUT2D eigenvalue weighted by Gasteiger charge is 2.47. The van der Waals surface area contributed by atoms with Gasteiger partial charge in [-0.1, -0.05) is 42.5 Å². The highest BCUT2D eigenvalue weighted by Crippen LogP contribution is 2.49. The number of fused-ring (bicyclic) bond motifs is 2. The van der Waals surface area contributed by atoms with Gasteiger partial charge < -0.3 is 15.0 Å². The van der Waals surface area contributed by atoms with E-state index in [-0.39, 0.29) is 17.4 Å². The average molecular weight is 429 g/mol. The molecule has 4 nitrogen and oxygen atoms in total. The molecule has 32 heavy (non-hydrogen) atoms. The number of piperidine rings is 1. The third-order valence-electron chi connectivity index (χ3n) is 7.72. The van der Waals surface area contributed by atoms with E-state index >= 15 is 0 Å². The van der Waals surface area contributed by atoms with Gasteiger partial charge in [-0.05, 0) is 85.8 Å². The summed E-state index contributed by atoms with van der Waals surface area (Å²) in [7, 11) is 3.96. The number of nitrogens with one attached hydrogen (secondary N) is 1. The SMILES string of the molecule is COc1cccc(C23CCN(C)CC2CCC(NC(=O)c2ccc4ccccc4c2)C3)c1. The molecular weight excluding hydrogens is 396 g/mol. The molecule has 3 unspecified atom stereocenters. The van der Waals surface area contributed by atoms with Gasteiger partial charge in [0.2, 0.25) is 0 Å². The van der Waals surface area contributed by atoms with E-state index in [0.717, 1.165) is 60.9 Å². The molecule has 0 aromatic heterocycles. The molecule has 0 spiro atoms. The molecule has 3 atom stereocenters. The second kappa shape index (κ2) is 8.59. The maximum atomic E-state index is 13.2. The zero-order chi connectivity index (χ0) is 22.1. The third kappa shape index (κ3) is 3.88. The van der Waals surface area contributed by atoms with Crippen LogP contribution in [0.1, 0.15) is 41.6 Å². The van der Waals surface area contributed by atoms with Crippen molar-refractivity contribution in [2.75, 3.05) is 27.2 Å². The Morgan fingerprint density at radius 2 is 1.88 bits per heavy atom. The van der Waals surface area contributed by atoms with Gasteiger partial charge in [0.25, 0.3) is 5.91 Å². The van der Waals surface area contributed by atoms with E-state index in [1.807, 2.05) is 36.4 Å². The van der Waals surface area contributed by atoms with Crippen molar-refractivity contribution < 1.29 is 9.53 Å². The number of ether oxygens (including phenoxy) is 1.